The second-order valence-corrected chi connectivity index (χ2v) is 10.3. The summed E-state index contributed by atoms with van der Waals surface area (Å²) in [4.78, 5) is 35.7. The van der Waals surface area contributed by atoms with Gasteiger partial charge in [0.25, 0.3) is 5.69 Å². The highest BCUT2D eigenvalue weighted by Crippen LogP contribution is 2.27. The number of nitro groups is 1. The van der Waals surface area contributed by atoms with Crippen molar-refractivity contribution in [3.05, 3.63) is 129 Å². The predicted molar refractivity (Wildman–Crippen MR) is 166 cm³/mol. The van der Waals surface area contributed by atoms with Crippen LogP contribution in [0.5, 0.6) is 0 Å². The highest BCUT2D eigenvalue weighted by molar-refractivity contribution is 7.98. The number of rotatable bonds is 9. The van der Waals surface area contributed by atoms with Gasteiger partial charge in [-0.3, -0.25) is 10.1 Å². The van der Waals surface area contributed by atoms with Crippen LogP contribution >= 0.6 is 35.9 Å². The van der Waals surface area contributed by atoms with E-state index >= 15 is 0 Å². The number of carbonyl (C=O) groups excluding carboxylic acids is 2. The summed E-state index contributed by atoms with van der Waals surface area (Å²) in [5.74, 6) is 0.297. The number of esters is 2. The van der Waals surface area contributed by atoms with Crippen LogP contribution in [0.3, 0.4) is 0 Å². The Kier molecular flexibility index (Phi) is 13.7. The molecule has 214 valence electrons. The van der Waals surface area contributed by atoms with Crippen molar-refractivity contribution in [1.82, 2.24) is 0 Å². The van der Waals surface area contributed by atoms with Crippen LogP contribution in [0.15, 0.2) is 107 Å². The number of nitrogens with zero attached hydrogens (tertiary/aromatic N) is 1. The lowest BCUT2D eigenvalue weighted by atomic mass is 10.1. The molecule has 11 heteroatoms. The van der Waals surface area contributed by atoms with Gasteiger partial charge in [0.05, 0.1) is 24.7 Å². The molecular formula is C30H29ClN2O6S2. The van der Waals surface area contributed by atoms with E-state index in [0.29, 0.717) is 17.0 Å². The van der Waals surface area contributed by atoms with Crippen LogP contribution in [0.2, 0.25) is 0 Å². The number of hydrogen-bond acceptors (Lipinski definition) is 9. The van der Waals surface area contributed by atoms with E-state index in [0.717, 1.165) is 21.8 Å². The molecule has 0 atom stereocenters. The monoisotopic (exact) mass is 612 g/mol. The Hall–Kier alpha value is -3.99. The fraction of sp³-hybridized carbons (Fsp3) is 0.133. The number of hydrogen-bond donors (Lipinski definition) is 1. The van der Waals surface area contributed by atoms with Crippen molar-refractivity contribution < 1.29 is 24.0 Å². The average Bonchev–Trinajstić information content (AvgIpc) is 2.99. The van der Waals surface area contributed by atoms with E-state index in [2.05, 4.69) is 21.6 Å². The lowest BCUT2D eigenvalue weighted by Crippen LogP contribution is -2.06. The number of carbonyl (C=O) groups is 2. The molecule has 0 aliphatic carbocycles. The molecule has 0 heterocycles. The van der Waals surface area contributed by atoms with Gasteiger partial charge in [0.1, 0.15) is 5.56 Å². The molecular weight excluding hydrogens is 584 g/mol. The molecule has 0 aliphatic heterocycles. The van der Waals surface area contributed by atoms with Gasteiger partial charge < -0.3 is 15.2 Å². The predicted octanol–water partition coefficient (Wildman–Crippen LogP) is 7.44. The van der Waals surface area contributed by atoms with Crippen molar-refractivity contribution in [3.63, 3.8) is 0 Å². The standard InChI is InChI=1S/C15H13NO4S.C15H15NO2S.ClH/c1-20-15(17)13-8-7-11(9-14(13)16(18)19)10-21-12-5-3-2-4-6-12;1-18-15(17)13-8-7-11(9-14(13)16)10-19-12-5-3-2-4-6-12;/h2-9H,10H2,1H3;2-9H,10,16H2,1H3;1H. The number of methoxy groups -OCH3 is 2. The Bertz CT molecular complexity index is 1460. The third kappa shape index (κ3) is 10.2. The van der Waals surface area contributed by atoms with Crippen molar-refractivity contribution in [3.8, 4) is 0 Å². The Morgan fingerprint density at radius 1 is 0.732 bits per heavy atom. The van der Waals surface area contributed by atoms with Crippen LogP contribution in [-0.2, 0) is 21.0 Å². The Morgan fingerprint density at radius 2 is 1.17 bits per heavy atom. The van der Waals surface area contributed by atoms with Crippen molar-refractivity contribution in [2.75, 3.05) is 20.0 Å². The van der Waals surface area contributed by atoms with Gasteiger partial charge in [-0.05, 0) is 53.6 Å². The van der Waals surface area contributed by atoms with Crippen molar-refractivity contribution in [2.45, 2.75) is 21.3 Å². The highest BCUT2D eigenvalue weighted by Gasteiger charge is 2.21. The molecule has 2 N–H and O–H groups in total. The second kappa shape index (κ2) is 17.0. The molecule has 0 radical (unpaired) electrons. The number of nitrogen functional groups attached to an aromatic ring is 1. The van der Waals surface area contributed by atoms with Crippen LogP contribution in [0.4, 0.5) is 11.4 Å². The van der Waals surface area contributed by atoms with E-state index in [1.54, 1.807) is 35.7 Å². The van der Waals surface area contributed by atoms with Gasteiger partial charge in [0.2, 0.25) is 0 Å². The highest BCUT2D eigenvalue weighted by atomic mass is 35.5. The van der Waals surface area contributed by atoms with Crippen LogP contribution in [0.1, 0.15) is 31.8 Å². The summed E-state index contributed by atoms with van der Waals surface area (Å²) in [7, 11) is 2.55. The number of nitrogens with two attached hydrogens (primary N) is 1. The van der Waals surface area contributed by atoms with Crippen molar-refractivity contribution >= 4 is 59.2 Å². The third-order valence-corrected chi connectivity index (χ3v) is 7.65. The third-order valence-electron chi connectivity index (χ3n) is 5.48. The molecule has 4 aromatic rings. The molecule has 0 aromatic heterocycles. The van der Waals surface area contributed by atoms with E-state index < -0.39 is 16.9 Å². The minimum atomic E-state index is -0.705. The first-order valence-corrected chi connectivity index (χ1v) is 14.0. The maximum absolute atomic E-state index is 11.5. The minimum absolute atomic E-state index is 0. The van der Waals surface area contributed by atoms with Crippen LogP contribution in [-0.4, -0.2) is 31.1 Å². The summed E-state index contributed by atoms with van der Waals surface area (Å²) in [6, 6.07) is 29.9. The van der Waals surface area contributed by atoms with Crippen molar-refractivity contribution in [2.24, 2.45) is 0 Å². The van der Waals surface area contributed by atoms with E-state index in [4.69, 9.17) is 5.73 Å². The molecule has 0 aliphatic rings. The van der Waals surface area contributed by atoms with Gasteiger partial charge in [-0.25, -0.2) is 9.59 Å². The molecule has 0 fully saturated rings. The van der Waals surface area contributed by atoms with Gasteiger partial charge >= 0.3 is 11.9 Å². The molecule has 4 aromatic carbocycles. The number of ether oxygens (including phenoxy) is 2. The molecule has 0 bridgehead atoms. The number of anilines is 1. The molecule has 8 nitrogen and oxygen atoms in total. The van der Waals surface area contributed by atoms with Crippen molar-refractivity contribution in [1.29, 1.82) is 0 Å². The quantitative estimate of drug-likeness (QED) is 0.0675. The summed E-state index contributed by atoms with van der Waals surface area (Å²) in [5, 5.41) is 11.1. The molecule has 0 saturated heterocycles. The Balaban J connectivity index is 0.000000281. The number of nitro benzene ring substituents is 1. The summed E-state index contributed by atoms with van der Waals surface area (Å²) in [6.45, 7) is 0. The van der Waals surface area contributed by atoms with Gasteiger partial charge in [-0.1, -0.05) is 48.5 Å². The molecule has 0 unspecified atom stereocenters. The number of thioether (sulfide) groups is 2. The molecule has 41 heavy (non-hydrogen) atoms. The average molecular weight is 613 g/mol. The summed E-state index contributed by atoms with van der Waals surface area (Å²) >= 11 is 3.31. The van der Waals surface area contributed by atoms with Gasteiger partial charge in [0, 0.05) is 33.1 Å². The Morgan fingerprint density at radius 3 is 1.61 bits per heavy atom. The SMILES string of the molecule is COC(=O)c1ccc(CSc2ccccc2)cc1N.COC(=O)c1ccc(CSc2ccccc2)cc1[N+](=O)[O-].Cl. The number of halogens is 1. The first kappa shape index (κ1) is 33.2. The van der Waals surface area contributed by atoms with Crippen LogP contribution in [0, 0.1) is 10.1 Å². The topological polar surface area (TPSA) is 122 Å². The van der Waals surface area contributed by atoms with E-state index in [9.17, 15) is 19.7 Å². The van der Waals surface area contributed by atoms with Gasteiger partial charge in [-0.15, -0.1) is 35.9 Å². The van der Waals surface area contributed by atoms with E-state index in [1.165, 1.54) is 31.2 Å². The zero-order valence-corrected chi connectivity index (χ0v) is 24.8. The molecule has 0 amide bonds. The number of benzene rings is 4. The lowest BCUT2D eigenvalue weighted by molar-refractivity contribution is -0.385. The van der Waals surface area contributed by atoms with E-state index in [1.807, 2.05) is 60.7 Å². The molecule has 0 spiro atoms. The molecule has 0 saturated carbocycles. The second-order valence-electron chi connectivity index (χ2n) is 8.22. The fourth-order valence-corrected chi connectivity index (χ4v) is 5.19. The minimum Gasteiger partial charge on any atom is -0.465 e. The largest absolute Gasteiger partial charge is 0.465 e. The Labute approximate surface area is 253 Å². The summed E-state index contributed by atoms with van der Waals surface area (Å²) in [6.07, 6.45) is 0. The fourth-order valence-electron chi connectivity index (χ4n) is 3.47. The van der Waals surface area contributed by atoms with Crippen LogP contribution in [0.25, 0.3) is 0 Å². The van der Waals surface area contributed by atoms with Gasteiger partial charge in [-0.2, -0.15) is 0 Å². The first-order valence-electron chi connectivity index (χ1n) is 12.0. The summed E-state index contributed by atoms with van der Waals surface area (Å²) in [5.41, 5.74) is 8.33. The lowest BCUT2D eigenvalue weighted by Gasteiger charge is -2.07. The maximum atomic E-state index is 11.5. The van der Waals surface area contributed by atoms with Crippen LogP contribution < -0.4 is 5.73 Å². The smallest absolute Gasteiger partial charge is 0.344 e. The van der Waals surface area contributed by atoms with Gasteiger partial charge in [0.15, 0.2) is 0 Å². The zero-order chi connectivity index (χ0) is 28.9. The normalized spacial score (nSPS) is 9.90. The van der Waals surface area contributed by atoms with E-state index in [-0.39, 0.29) is 23.7 Å². The maximum Gasteiger partial charge on any atom is 0.344 e. The zero-order valence-electron chi connectivity index (χ0n) is 22.4. The molecule has 4 rings (SSSR count). The first-order chi connectivity index (χ1) is 19.3. The summed E-state index contributed by atoms with van der Waals surface area (Å²) < 4.78 is 9.21.